The molecule has 4 saturated carbocycles. The quantitative estimate of drug-likeness (QED) is 0.654. The van der Waals surface area contributed by atoms with Crippen LogP contribution in [0, 0.1) is 29.0 Å². The predicted molar refractivity (Wildman–Crippen MR) is 110 cm³/mol. The van der Waals surface area contributed by atoms with Gasteiger partial charge in [0, 0.05) is 23.6 Å². The van der Waals surface area contributed by atoms with E-state index in [4.69, 9.17) is 4.74 Å². The first-order valence-corrected chi connectivity index (χ1v) is 11.7. The van der Waals surface area contributed by atoms with Gasteiger partial charge in [-0.1, -0.05) is 6.92 Å². The second-order valence-corrected chi connectivity index (χ2v) is 10.9. The number of fused-ring (bicyclic) bond motifs is 2. The summed E-state index contributed by atoms with van der Waals surface area (Å²) in [6.07, 6.45) is 9.54. The van der Waals surface area contributed by atoms with Gasteiger partial charge in [0.25, 0.3) is 5.91 Å². The largest absolute Gasteiger partial charge is 0.493 e. The smallest absolute Gasteiger partial charge is 0.257 e. The first kappa shape index (κ1) is 18.2. The zero-order chi connectivity index (χ0) is 19.9. The maximum absolute atomic E-state index is 15.1. The van der Waals surface area contributed by atoms with Crippen LogP contribution in [0.2, 0.25) is 0 Å². The molecule has 6 fully saturated rings. The fraction of sp³-hybridized carbons (Fsp3) is 0.720. The lowest BCUT2D eigenvalue weighted by Crippen LogP contribution is -2.41. The Morgan fingerprint density at radius 3 is 2.59 bits per heavy atom. The number of ether oxygens (including phenoxy) is 1. The van der Waals surface area contributed by atoms with Crippen LogP contribution in [0.3, 0.4) is 0 Å². The Labute approximate surface area is 173 Å². The van der Waals surface area contributed by atoms with Crippen molar-refractivity contribution < 1.29 is 13.9 Å². The number of rotatable bonds is 5. The number of hydrogen-bond donors (Lipinski definition) is 0. The zero-order valence-corrected chi connectivity index (χ0v) is 17.6. The second kappa shape index (κ2) is 6.21. The van der Waals surface area contributed by atoms with Crippen molar-refractivity contribution >= 4 is 5.91 Å². The molecule has 156 valence electrons. The normalized spacial score (nSPS) is 39.7. The molecule has 29 heavy (non-hydrogen) atoms. The summed E-state index contributed by atoms with van der Waals surface area (Å²) in [5.41, 5.74) is 1.64. The van der Waals surface area contributed by atoms with E-state index in [1.54, 1.807) is 0 Å². The molecule has 2 aliphatic heterocycles. The molecule has 4 atom stereocenters. The molecule has 0 aromatic heterocycles. The highest BCUT2D eigenvalue weighted by Gasteiger charge is 2.53. The average Bonchev–Trinajstić information content (AvgIpc) is 3.32. The Hall–Kier alpha value is -1.58. The Balaban J connectivity index is 1.26. The highest BCUT2D eigenvalue weighted by atomic mass is 19.1. The Bertz CT molecular complexity index is 859. The molecule has 1 aromatic rings. The van der Waals surface area contributed by atoms with Gasteiger partial charge >= 0.3 is 0 Å². The maximum Gasteiger partial charge on any atom is 0.257 e. The monoisotopic (exact) mass is 397 g/mol. The third-order valence-electron chi connectivity index (χ3n) is 9.06. The highest BCUT2D eigenvalue weighted by molar-refractivity contribution is 5.96. The molecule has 0 spiro atoms. The van der Waals surface area contributed by atoms with Gasteiger partial charge in [-0.25, -0.2) is 4.39 Å². The van der Waals surface area contributed by atoms with E-state index in [0.29, 0.717) is 35.6 Å². The van der Waals surface area contributed by atoms with Crippen molar-refractivity contribution in [2.75, 3.05) is 6.61 Å². The summed E-state index contributed by atoms with van der Waals surface area (Å²) in [5.74, 6) is 2.78. The summed E-state index contributed by atoms with van der Waals surface area (Å²) >= 11 is 0. The lowest BCUT2D eigenvalue weighted by atomic mass is 9.62. The molecular weight excluding hydrogens is 365 g/mol. The molecule has 2 saturated heterocycles. The first-order chi connectivity index (χ1) is 13.9. The van der Waals surface area contributed by atoms with Gasteiger partial charge in [0.05, 0.1) is 12.2 Å². The first-order valence-electron chi connectivity index (χ1n) is 11.7. The molecule has 6 aliphatic rings. The van der Waals surface area contributed by atoms with Crippen molar-refractivity contribution in [2.45, 2.75) is 83.2 Å². The standard InChI is InChI=1S/C25H32FNO2/c1-14-7-18-5-6-25(18,12-14)13-29-23-11-22(26)21(10-20(23)16-3-4-16)24(28)27-15(2)17-8-19(27)9-17/h10-11,14-19H,3-9,12-13H2,1-2H3. The van der Waals surface area contributed by atoms with Gasteiger partial charge in [-0.2, -0.15) is 0 Å². The third-order valence-corrected chi connectivity index (χ3v) is 9.06. The van der Waals surface area contributed by atoms with Crippen LogP contribution in [0.1, 0.15) is 87.1 Å². The number of halogens is 1. The van der Waals surface area contributed by atoms with Crippen molar-refractivity contribution in [3.63, 3.8) is 0 Å². The maximum atomic E-state index is 15.1. The van der Waals surface area contributed by atoms with Crippen molar-refractivity contribution in [2.24, 2.45) is 23.2 Å². The van der Waals surface area contributed by atoms with Crippen molar-refractivity contribution in [3.05, 3.63) is 29.1 Å². The summed E-state index contributed by atoms with van der Waals surface area (Å²) in [7, 11) is 0. The van der Waals surface area contributed by atoms with Crippen LogP contribution in [0.15, 0.2) is 12.1 Å². The number of benzene rings is 1. The molecular formula is C25H32FNO2. The van der Waals surface area contributed by atoms with Crippen LogP contribution >= 0.6 is 0 Å². The van der Waals surface area contributed by atoms with Gasteiger partial charge in [0.15, 0.2) is 0 Å². The molecule has 7 rings (SSSR count). The topological polar surface area (TPSA) is 29.5 Å². The van der Waals surface area contributed by atoms with E-state index in [2.05, 4.69) is 13.8 Å². The minimum Gasteiger partial charge on any atom is -0.493 e. The molecule has 1 aromatic carbocycles. The van der Waals surface area contributed by atoms with E-state index < -0.39 is 5.82 Å². The van der Waals surface area contributed by atoms with E-state index in [9.17, 15) is 4.79 Å². The fourth-order valence-electron chi connectivity index (χ4n) is 7.00. The van der Waals surface area contributed by atoms with Crippen LogP contribution in [0.4, 0.5) is 4.39 Å². The lowest BCUT2D eigenvalue weighted by Gasteiger charge is -2.45. The average molecular weight is 398 g/mol. The lowest BCUT2D eigenvalue weighted by molar-refractivity contribution is 0.00900. The Morgan fingerprint density at radius 1 is 1.21 bits per heavy atom. The fourth-order valence-corrected chi connectivity index (χ4v) is 7.00. The summed E-state index contributed by atoms with van der Waals surface area (Å²) in [4.78, 5) is 15.1. The van der Waals surface area contributed by atoms with Gasteiger partial charge in [-0.05, 0) is 93.6 Å². The van der Waals surface area contributed by atoms with Gasteiger partial charge in [0.1, 0.15) is 11.6 Å². The van der Waals surface area contributed by atoms with Gasteiger partial charge in [-0.3, -0.25) is 4.79 Å². The highest BCUT2D eigenvalue weighted by Crippen LogP contribution is 2.59. The number of amides is 1. The minimum absolute atomic E-state index is 0.115. The van der Waals surface area contributed by atoms with Crippen molar-refractivity contribution in [3.8, 4) is 5.75 Å². The number of nitrogens with zero attached hydrogens (tertiary/aromatic N) is 1. The molecule has 2 heterocycles. The van der Waals surface area contributed by atoms with E-state index in [0.717, 1.165) is 43.1 Å². The summed E-state index contributed by atoms with van der Waals surface area (Å²) < 4.78 is 21.4. The third kappa shape index (κ3) is 2.70. The number of carbonyl (C=O) groups excluding carboxylic acids is 1. The van der Waals surface area contributed by atoms with Crippen LogP contribution in [-0.2, 0) is 0 Å². The summed E-state index contributed by atoms with van der Waals surface area (Å²) in [6.45, 7) is 5.17. The molecule has 0 radical (unpaired) electrons. The van der Waals surface area contributed by atoms with Crippen LogP contribution in [0.5, 0.6) is 5.75 Å². The summed E-state index contributed by atoms with van der Waals surface area (Å²) in [6, 6.07) is 3.92. The van der Waals surface area contributed by atoms with Crippen LogP contribution < -0.4 is 4.74 Å². The summed E-state index contributed by atoms with van der Waals surface area (Å²) in [5, 5.41) is 0. The SMILES string of the molecule is CC1CC2CCC2(COc2cc(F)c(C(=O)N3C4CC(C4)C3C)cc2C2CC2)C1. The molecule has 3 nitrogen and oxygen atoms in total. The van der Waals surface area contributed by atoms with Gasteiger partial charge in [-0.15, -0.1) is 0 Å². The number of carbonyl (C=O) groups is 1. The number of hydrogen-bond acceptors (Lipinski definition) is 2. The molecule has 4 heteroatoms. The van der Waals surface area contributed by atoms with Gasteiger partial charge in [0.2, 0.25) is 0 Å². The Morgan fingerprint density at radius 2 is 2.00 bits per heavy atom. The van der Waals surface area contributed by atoms with Crippen LogP contribution in [-0.4, -0.2) is 29.5 Å². The molecule has 2 bridgehead atoms. The van der Waals surface area contributed by atoms with E-state index in [1.165, 1.54) is 31.7 Å². The zero-order valence-electron chi connectivity index (χ0n) is 17.6. The molecule has 1 amide bonds. The van der Waals surface area contributed by atoms with E-state index >= 15 is 4.39 Å². The van der Waals surface area contributed by atoms with Gasteiger partial charge < -0.3 is 9.64 Å². The Kier molecular flexibility index (Phi) is 3.90. The van der Waals surface area contributed by atoms with E-state index in [-0.39, 0.29) is 17.5 Å². The second-order valence-electron chi connectivity index (χ2n) is 10.9. The van der Waals surface area contributed by atoms with Crippen molar-refractivity contribution in [1.82, 2.24) is 4.90 Å². The molecule has 4 unspecified atom stereocenters. The molecule has 4 aliphatic carbocycles. The van der Waals surface area contributed by atoms with E-state index in [1.807, 2.05) is 11.0 Å². The van der Waals surface area contributed by atoms with Crippen molar-refractivity contribution in [1.29, 1.82) is 0 Å². The predicted octanol–water partition coefficient (Wildman–Crippen LogP) is 5.53. The van der Waals surface area contributed by atoms with Crippen LogP contribution in [0.25, 0.3) is 0 Å². The molecule has 0 N–H and O–H groups in total. The minimum atomic E-state index is -0.409.